The van der Waals surface area contributed by atoms with Gasteiger partial charge in [-0.05, 0) is 70.7 Å². The summed E-state index contributed by atoms with van der Waals surface area (Å²) in [6.07, 6.45) is 5.63. The third kappa shape index (κ3) is 7.22. The third-order valence-corrected chi connectivity index (χ3v) is 9.33. The minimum atomic E-state index is -1.03. The summed E-state index contributed by atoms with van der Waals surface area (Å²) in [5.41, 5.74) is 0.00644. The molecule has 1 aromatic carbocycles. The maximum Gasteiger partial charge on any atom is 0.332 e. The Bertz CT molecular complexity index is 1780. The predicted octanol–water partition coefficient (Wildman–Crippen LogP) is 3.42. The van der Waals surface area contributed by atoms with Crippen molar-refractivity contribution in [1.29, 1.82) is 0 Å². The Morgan fingerprint density at radius 1 is 1.16 bits per heavy atom. The van der Waals surface area contributed by atoms with Crippen molar-refractivity contribution >= 4 is 33.2 Å². The van der Waals surface area contributed by atoms with Gasteiger partial charge in [-0.2, -0.15) is 10.2 Å². The van der Waals surface area contributed by atoms with Crippen molar-refractivity contribution in [3.63, 3.8) is 0 Å². The van der Waals surface area contributed by atoms with Gasteiger partial charge in [-0.15, -0.1) is 4.80 Å². The Morgan fingerprint density at radius 2 is 1.80 bits per heavy atom. The van der Waals surface area contributed by atoms with E-state index in [1.54, 1.807) is 20.9 Å². The summed E-state index contributed by atoms with van der Waals surface area (Å²) in [7, 11) is 3.13. The van der Waals surface area contributed by atoms with E-state index in [1.165, 1.54) is 63.3 Å². The van der Waals surface area contributed by atoms with E-state index in [-0.39, 0.29) is 31.0 Å². The fourth-order valence-electron chi connectivity index (χ4n) is 5.16. The molecule has 5 rings (SSSR count). The largest absolute Gasteiger partial charge is 0.496 e. The molecule has 0 aliphatic heterocycles. The normalized spacial score (nSPS) is 14.4. The van der Waals surface area contributed by atoms with E-state index in [0.29, 0.717) is 63.6 Å². The Morgan fingerprint density at radius 3 is 2.38 bits per heavy atom. The van der Waals surface area contributed by atoms with Crippen molar-refractivity contribution in [2.75, 3.05) is 14.2 Å². The van der Waals surface area contributed by atoms with Crippen LogP contribution in [0.25, 0.3) is 15.2 Å². The van der Waals surface area contributed by atoms with Crippen LogP contribution < -0.4 is 16.0 Å². The van der Waals surface area contributed by atoms with Crippen molar-refractivity contribution in [3.05, 3.63) is 68.4 Å². The fourth-order valence-corrected chi connectivity index (χ4v) is 6.40. The fraction of sp³-hybridized carbons (Fsp3) is 0.484. The van der Waals surface area contributed by atoms with Crippen LogP contribution in [0, 0.1) is 12.7 Å². The summed E-state index contributed by atoms with van der Waals surface area (Å²) in [5, 5.41) is 18.1. The molecule has 14 heteroatoms. The van der Waals surface area contributed by atoms with Crippen LogP contribution in [0.5, 0.6) is 5.75 Å². The van der Waals surface area contributed by atoms with Gasteiger partial charge in [0, 0.05) is 38.0 Å². The number of aliphatic hydroxyl groups is 1. The molecule has 0 saturated heterocycles. The smallest absolute Gasteiger partial charge is 0.332 e. The number of likely N-dealkylation sites (N-methyl/N-ethyl adjacent to an activating group) is 1. The minimum absolute atomic E-state index is 0.113. The number of aromatic nitrogens is 5. The number of thiophene rings is 1. The van der Waals surface area contributed by atoms with Gasteiger partial charge in [0.2, 0.25) is 5.91 Å². The number of Topliss-reactive ketones (excluding diaryl/α,β-unsaturated/α-hetero) is 1. The molecule has 12 nitrogen and oxygen atoms in total. The van der Waals surface area contributed by atoms with Crippen LogP contribution in [0.4, 0.5) is 4.39 Å². The zero-order chi connectivity index (χ0) is 33.0. The summed E-state index contributed by atoms with van der Waals surface area (Å²) in [6, 6.07) is 3.05. The van der Waals surface area contributed by atoms with Crippen molar-refractivity contribution in [3.8, 4) is 10.8 Å². The molecule has 4 aromatic rings. The molecule has 0 spiro atoms. The van der Waals surface area contributed by atoms with E-state index >= 15 is 0 Å². The third-order valence-electron chi connectivity index (χ3n) is 8.05. The molecular formula is C31H39FN6O6S. The van der Waals surface area contributed by atoms with Crippen LogP contribution >= 0.6 is 11.3 Å². The van der Waals surface area contributed by atoms with Gasteiger partial charge in [-0.3, -0.25) is 19.0 Å². The van der Waals surface area contributed by atoms with Crippen LogP contribution in [0.3, 0.4) is 0 Å². The number of carbonyl (C=O) groups excluding carboxylic acids is 2. The molecule has 3 heterocycles. The highest BCUT2D eigenvalue weighted by atomic mass is 32.1. The molecule has 3 aromatic heterocycles. The van der Waals surface area contributed by atoms with Crippen LogP contribution in [0.1, 0.15) is 63.6 Å². The number of hydrogen-bond donors (Lipinski definition) is 1. The lowest BCUT2D eigenvalue weighted by Crippen LogP contribution is -2.47. The van der Waals surface area contributed by atoms with Crippen LogP contribution in [0.15, 0.2) is 40.2 Å². The summed E-state index contributed by atoms with van der Waals surface area (Å²) in [6.45, 7) is 7.15. The molecule has 1 N–H and O–H groups in total. The predicted molar refractivity (Wildman–Crippen MR) is 169 cm³/mol. The minimum Gasteiger partial charge on any atom is -0.496 e. The lowest BCUT2D eigenvalue weighted by molar-refractivity contribution is -0.134. The average Bonchev–Trinajstić information content (AvgIpc) is 3.66. The molecule has 1 aliphatic carbocycles. The molecule has 1 aliphatic rings. The molecule has 0 radical (unpaired) electrons. The number of rotatable bonds is 8. The first-order valence-corrected chi connectivity index (χ1v) is 15.6. The first kappa shape index (κ1) is 33.7. The number of ether oxygens (including phenoxy) is 1. The molecule has 242 valence electrons. The number of nitrogens with zero attached hydrogens (tertiary/aromatic N) is 6. The van der Waals surface area contributed by atoms with Gasteiger partial charge in [0.25, 0.3) is 5.56 Å². The Hall–Kier alpha value is -4.17. The standard InChI is InChI=1S/C25H29FN6O4S.C6H10O2/c1-14(2)29(5)21(33)16(4)31-22(34)20-15(3)23(32-27-10-11-28-32)37-24(20)30(25(31)35)12-9-17-13-18(26)7-8-19(17)36-6;7-5-1-2-6(8)4-3-5/h7-8,10-11,13-14,16H,9,12H2,1-6H3;5,7H,1-4H2/t16-;/m1./s1. The number of halogens is 1. The van der Waals surface area contributed by atoms with Crippen LogP contribution in [-0.2, 0) is 22.6 Å². The molecule has 1 saturated carbocycles. The number of fused-ring (bicyclic) bond motifs is 1. The molecular weight excluding hydrogens is 603 g/mol. The second kappa shape index (κ2) is 14.3. The second-order valence-electron chi connectivity index (χ2n) is 11.3. The maximum absolute atomic E-state index is 14.0. The van der Waals surface area contributed by atoms with E-state index in [0.717, 1.165) is 4.57 Å². The number of benzene rings is 1. The molecule has 0 unspecified atom stereocenters. The van der Waals surface area contributed by atoms with E-state index in [4.69, 9.17) is 9.84 Å². The van der Waals surface area contributed by atoms with Crippen molar-refractivity contribution in [2.24, 2.45) is 0 Å². The molecule has 1 amide bonds. The number of ketones is 1. The number of carbonyl (C=O) groups is 2. The average molecular weight is 643 g/mol. The first-order valence-electron chi connectivity index (χ1n) is 14.8. The lowest BCUT2D eigenvalue weighted by atomic mass is 9.97. The number of aliphatic hydroxyl groups excluding tert-OH is 1. The van der Waals surface area contributed by atoms with Gasteiger partial charge < -0.3 is 14.7 Å². The number of methoxy groups -OCH3 is 1. The van der Waals surface area contributed by atoms with Crippen LogP contribution in [0.2, 0.25) is 0 Å². The van der Waals surface area contributed by atoms with E-state index in [2.05, 4.69) is 10.2 Å². The number of amides is 1. The van der Waals surface area contributed by atoms with Gasteiger partial charge in [0.1, 0.15) is 33.2 Å². The van der Waals surface area contributed by atoms with Crippen molar-refractivity contribution in [1.82, 2.24) is 29.0 Å². The lowest BCUT2D eigenvalue weighted by Gasteiger charge is -2.26. The van der Waals surface area contributed by atoms with E-state index < -0.39 is 23.1 Å². The molecule has 45 heavy (non-hydrogen) atoms. The first-order chi connectivity index (χ1) is 21.3. The van der Waals surface area contributed by atoms with Gasteiger partial charge >= 0.3 is 5.69 Å². The quantitative estimate of drug-likeness (QED) is 0.308. The van der Waals surface area contributed by atoms with Gasteiger partial charge in [0.05, 0.1) is 31.0 Å². The zero-order valence-corrected chi connectivity index (χ0v) is 27.1. The monoisotopic (exact) mass is 642 g/mol. The van der Waals surface area contributed by atoms with Crippen molar-refractivity contribution in [2.45, 2.75) is 84.5 Å². The summed E-state index contributed by atoms with van der Waals surface area (Å²) < 4.78 is 21.8. The number of aryl methyl sites for hydroxylation is 3. The highest BCUT2D eigenvalue weighted by Crippen LogP contribution is 2.31. The molecule has 1 fully saturated rings. The SMILES string of the molecule is COc1ccc(F)cc1CCn1c(=O)n([C@H](C)C(=O)N(C)C(C)C)c(=O)c2c(C)c(-n3nccn3)sc21.O=C1CCC(O)CC1. The van der Waals surface area contributed by atoms with Crippen LogP contribution in [-0.4, -0.2) is 72.1 Å². The highest BCUT2D eigenvalue weighted by molar-refractivity contribution is 7.21. The Balaban J connectivity index is 0.000000501. The highest BCUT2D eigenvalue weighted by Gasteiger charge is 2.28. The summed E-state index contributed by atoms with van der Waals surface area (Å²) in [4.78, 5) is 54.5. The summed E-state index contributed by atoms with van der Waals surface area (Å²) in [5.74, 6) is 0.0159. The van der Waals surface area contributed by atoms with Crippen molar-refractivity contribution < 1.29 is 23.8 Å². The van der Waals surface area contributed by atoms with Gasteiger partial charge in [-0.25, -0.2) is 13.8 Å². The Kier molecular flexibility index (Phi) is 10.7. The summed E-state index contributed by atoms with van der Waals surface area (Å²) >= 11 is 1.21. The van der Waals surface area contributed by atoms with E-state index in [1.807, 2.05) is 13.8 Å². The van der Waals surface area contributed by atoms with E-state index in [9.17, 15) is 23.6 Å². The second-order valence-corrected chi connectivity index (χ2v) is 12.3. The Labute approximate surface area is 263 Å². The molecule has 0 bridgehead atoms. The topological polar surface area (TPSA) is 142 Å². The number of hydrogen-bond acceptors (Lipinski definition) is 9. The maximum atomic E-state index is 14.0. The molecule has 1 atom stereocenters. The van der Waals surface area contributed by atoms with Gasteiger partial charge in [-0.1, -0.05) is 11.3 Å². The van der Waals surface area contributed by atoms with Gasteiger partial charge in [0.15, 0.2) is 0 Å². The zero-order valence-electron chi connectivity index (χ0n) is 26.3.